The van der Waals surface area contributed by atoms with Crippen molar-refractivity contribution in [1.82, 2.24) is 5.32 Å². The first-order valence-electron chi connectivity index (χ1n) is 9.63. The Morgan fingerprint density at radius 3 is 2.04 bits per heavy atom. The standard InChI is InChI=1S/C23H31NO.ClH/c1-4-15-23(25)16-20(18-11-7-5-8-12-18)24-22(21(23)17(2)3)19-13-9-6-10-14-19;/h5-14,17,20-22,24-25H,4,15-16H2,1-3H3;1H. The van der Waals surface area contributed by atoms with Crippen LogP contribution in [-0.2, 0) is 0 Å². The van der Waals surface area contributed by atoms with E-state index in [1.165, 1.54) is 11.1 Å². The highest BCUT2D eigenvalue weighted by atomic mass is 35.5. The molecule has 0 aliphatic carbocycles. The molecule has 0 saturated carbocycles. The Bertz CT molecular complexity index is 660. The minimum absolute atomic E-state index is 0. The Hall–Kier alpha value is -1.35. The highest BCUT2D eigenvalue weighted by molar-refractivity contribution is 5.85. The molecule has 142 valence electrons. The zero-order chi connectivity index (χ0) is 17.9. The van der Waals surface area contributed by atoms with Gasteiger partial charge in [-0.2, -0.15) is 0 Å². The van der Waals surface area contributed by atoms with Crippen molar-refractivity contribution in [2.24, 2.45) is 11.8 Å². The number of hydrogen-bond acceptors (Lipinski definition) is 2. The van der Waals surface area contributed by atoms with Gasteiger partial charge in [0.2, 0.25) is 0 Å². The average molecular weight is 374 g/mol. The molecular formula is C23H32ClNO. The molecule has 2 aromatic carbocycles. The van der Waals surface area contributed by atoms with Crippen LogP contribution in [0.3, 0.4) is 0 Å². The van der Waals surface area contributed by atoms with Gasteiger partial charge in [-0.05, 0) is 29.9 Å². The van der Waals surface area contributed by atoms with Crippen LogP contribution in [0.1, 0.15) is 63.2 Å². The molecule has 1 heterocycles. The molecule has 2 N–H and O–H groups in total. The summed E-state index contributed by atoms with van der Waals surface area (Å²) in [4.78, 5) is 0. The van der Waals surface area contributed by atoms with E-state index in [4.69, 9.17) is 0 Å². The highest BCUT2D eigenvalue weighted by Gasteiger charge is 2.48. The van der Waals surface area contributed by atoms with Gasteiger partial charge in [-0.3, -0.25) is 0 Å². The Morgan fingerprint density at radius 1 is 1.00 bits per heavy atom. The summed E-state index contributed by atoms with van der Waals surface area (Å²) in [5.74, 6) is 0.612. The summed E-state index contributed by atoms with van der Waals surface area (Å²) in [5.41, 5.74) is 1.89. The van der Waals surface area contributed by atoms with Crippen LogP contribution in [0.25, 0.3) is 0 Å². The van der Waals surface area contributed by atoms with Gasteiger partial charge in [0.15, 0.2) is 0 Å². The summed E-state index contributed by atoms with van der Waals surface area (Å²) in [5, 5.41) is 15.6. The summed E-state index contributed by atoms with van der Waals surface area (Å²) >= 11 is 0. The fraction of sp³-hybridized carbons (Fsp3) is 0.478. The van der Waals surface area contributed by atoms with Crippen LogP contribution in [0, 0.1) is 11.8 Å². The minimum atomic E-state index is -0.644. The van der Waals surface area contributed by atoms with Gasteiger partial charge in [-0.1, -0.05) is 87.9 Å². The predicted octanol–water partition coefficient (Wildman–Crippen LogP) is 5.69. The van der Waals surface area contributed by atoms with E-state index in [-0.39, 0.29) is 30.4 Å². The van der Waals surface area contributed by atoms with Crippen LogP contribution >= 0.6 is 12.4 Å². The van der Waals surface area contributed by atoms with Crippen molar-refractivity contribution in [3.63, 3.8) is 0 Å². The van der Waals surface area contributed by atoms with Crippen molar-refractivity contribution in [1.29, 1.82) is 0 Å². The molecule has 4 atom stereocenters. The number of benzene rings is 2. The fourth-order valence-corrected chi connectivity index (χ4v) is 4.75. The number of piperidine rings is 1. The van der Waals surface area contributed by atoms with Crippen molar-refractivity contribution in [3.05, 3.63) is 71.8 Å². The lowest BCUT2D eigenvalue weighted by atomic mass is 9.65. The van der Waals surface area contributed by atoms with Gasteiger partial charge < -0.3 is 10.4 Å². The second-order valence-electron chi connectivity index (χ2n) is 7.85. The van der Waals surface area contributed by atoms with Gasteiger partial charge in [0.1, 0.15) is 0 Å². The van der Waals surface area contributed by atoms with Crippen LogP contribution in [-0.4, -0.2) is 10.7 Å². The van der Waals surface area contributed by atoms with Crippen LogP contribution in [0.2, 0.25) is 0 Å². The molecule has 1 aliphatic rings. The molecule has 0 spiro atoms. The van der Waals surface area contributed by atoms with Crippen LogP contribution in [0.15, 0.2) is 60.7 Å². The number of nitrogens with one attached hydrogen (secondary N) is 1. The van der Waals surface area contributed by atoms with Crippen molar-refractivity contribution >= 4 is 12.4 Å². The molecule has 0 amide bonds. The van der Waals surface area contributed by atoms with Gasteiger partial charge in [0.05, 0.1) is 5.60 Å². The van der Waals surface area contributed by atoms with Gasteiger partial charge in [-0.15, -0.1) is 12.4 Å². The molecule has 0 aromatic heterocycles. The number of aliphatic hydroxyl groups is 1. The molecular weight excluding hydrogens is 342 g/mol. The van der Waals surface area contributed by atoms with E-state index in [0.717, 1.165) is 19.3 Å². The van der Waals surface area contributed by atoms with E-state index in [0.29, 0.717) is 5.92 Å². The molecule has 0 bridgehead atoms. The van der Waals surface area contributed by atoms with E-state index in [2.05, 4.69) is 86.8 Å². The van der Waals surface area contributed by atoms with Crippen LogP contribution in [0.5, 0.6) is 0 Å². The Morgan fingerprint density at radius 2 is 1.54 bits per heavy atom. The zero-order valence-corrected chi connectivity index (χ0v) is 16.9. The van der Waals surface area contributed by atoms with Gasteiger partial charge in [0.25, 0.3) is 0 Å². The average Bonchev–Trinajstić information content (AvgIpc) is 2.62. The first-order valence-corrected chi connectivity index (χ1v) is 9.63. The van der Waals surface area contributed by atoms with Gasteiger partial charge in [0, 0.05) is 18.0 Å². The van der Waals surface area contributed by atoms with Crippen molar-refractivity contribution in [2.75, 3.05) is 0 Å². The molecule has 26 heavy (non-hydrogen) atoms. The van der Waals surface area contributed by atoms with E-state index in [9.17, 15) is 5.11 Å². The zero-order valence-electron chi connectivity index (χ0n) is 16.1. The molecule has 1 fully saturated rings. The summed E-state index contributed by atoms with van der Waals surface area (Å²) < 4.78 is 0. The molecule has 3 heteroatoms. The van der Waals surface area contributed by atoms with Crippen LogP contribution < -0.4 is 5.32 Å². The molecule has 1 saturated heterocycles. The van der Waals surface area contributed by atoms with Gasteiger partial charge in [-0.25, -0.2) is 0 Å². The SMILES string of the molecule is CCCC1(O)CC(c2ccccc2)NC(c2ccccc2)C1C(C)C.Cl. The first kappa shape index (κ1) is 21.0. The molecule has 1 aliphatic heterocycles. The van der Waals surface area contributed by atoms with E-state index >= 15 is 0 Å². The maximum atomic E-state index is 11.7. The molecule has 0 radical (unpaired) electrons. The largest absolute Gasteiger partial charge is 0.389 e. The second-order valence-corrected chi connectivity index (χ2v) is 7.85. The quantitative estimate of drug-likeness (QED) is 0.705. The lowest BCUT2D eigenvalue weighted by Crippen LogP contribution is -2.55. The maximum Gasteiger partial charge on any atom is 0.0714 e. The predicted molar refractivity (Wildman–Crippen MR) is 112 cm³/mol. The molecule has 2 aromatic rings. The topological polar surface area (TPSA) is 32.3 Å². The number of rotatable bonds is 5. The second kappa shape index (κ2) is 9.03. The third kappa shape index (κ3) is 4.31. The summed E-state index contributed by atoms with van der Waals surface area (Å²) in [6.07, 6.45) is 2.63. The maximum absolute atomic E-state index is 11.7. The third-order valence-electron chi connectivity index (χ3n) is 5.68. The lowest BCUT2D eigenvalue weighted by Gasteiger charge is -2.51. The third-order valence-corrected chi connectivity index (χ3v) is 5.68. The van der Waals surface area contributed by atoms with Crippen molar-refractivity contribution < 1.29 is 5.11 Å². The molecule has 3 rings (SSSR count). The fourth-order valence-electron chi connectivity index (χ4n) is 4.75. The summed E-state index contributed by atoms with van der Waals surface area (Å²) in [6.45, 7) is 6.66. The lowest BCUT2D eigenvalue weighted by molar-refractivity contribution is -0.0982. The smallest absolute Gasteiger partial charge is 0.0714 e. The van der Waals surface area contributed by atoms with Crippen molar-refractivity contribution in [2.45, 2.75) is 57.7 Å². The monoisotopic (exact) mass is 373 g/mol. The van der Waals surface area contributed by atoms with Crippen LogP contribution in [0.4, 0.5) is 0 Å². The first-order chi connectivity index (χ1) is 12.0. The minimum Gasteiger partial charge on any atom is -0.389 e. The number of hydrogen-bond donors (Lipinski definition) is 2. The summed E-state index contributed by atoms with van der Waals surface area (Å²) in [7, 11) is 0. The number of halogens is 1. The van der Waals surface area contributed by atoms with E-state index < -0.39 is 5.60 Å². The highest BCUT2D eigenvalue weighted by Crippen LogP contribution is 2.48. The molecule has 4 unspecified atom stereocenters. The molecule has 2 nitrogen and oxygen atoms in total. The summed E-state index contributed by atoms with van der Waals surface area (Å²) in [6, 6.07) is 21.5. The Labute approximate surface area is 164 Å². The normalized spacial score (nSPS) is 28.6. The van der Waals surface area contributed by atoms with Gasteiger partial charge >= 0.3 is 0 Å². The van der Waals surface area contributed by atoms with Crippen molar-refractivity contribution in [3.8, 4) is 0 Å². The Balaban J connectivity index is 0.00000243. The van der Waals surface area contributed by atoms with E-state index in [1.807, 2.05) is 0 Å². The van der Waals surface area contributed by atoms with E-state index in [1.54, 1.807) is 0 Å². The Kier molecular flexibility index (Phi) is 7.28.